The predicted octanol–water partition coefficient (Wildman–Crippen LogP) is 3.42. The van der Waals surface area contributed by atoms with Crippen LogP contribution in [0.2, 0.25) is 0 Å². The quantitative estimate of drug-likeness (QED) is 0.739. The zero-order valence-corrected chi connectivity index (χ0v) is 13.9. The molecule has 0 unspecified atom stereocenters. The van der Waals surface area contributed by atoms with Crippen molar-refractivity contribution in [1.82, 2.24) is 10.3 Å². The molecule has 1 heterocycles. The highest BCUT2D eigenvalue weighted by Crippen LogP contribution is 2.21. The molecule has 3 aromatic rings. The lowest BCUT2D eigenvalue weighted by atomic mass is 10.0. The van der Waals surface area contributed by atoms with Crippen molar-refractivity contribution in [3.05, 3.63) is 75.9 Å². The summed E-state index contributed by atoms with van der Waals surface area (Å²) in [6.45, 7) is 0.192. The molecule has 0 bridgehead atoms. The Balaban J connectivity index is 1.86. The van der Waals surface area contributed by atoms with Crippen LogP contribution >= 0.6 is 15.9 Å². The number of aromatic nitrogens is 1. The van der Waals surface area contributed by atoms with Gasteiger partial charge in [-0.15, -0.1) is 0 Å². The van der Waals surface area contributed by atoms with Crippen LogP contribution in [0.1, 0.15) is 21.5 Å². The Morgan fingerprint density at radius 1 is 1.17 bits per heavy atom. The second kappa shape index (κ2) is 6.89. The van der Waals surface area contributed by atoms with Crippen LogP contribution < -0.4 is 5.32 Å². The van der Waals surface area contributed by atoms with Crippen molar-refractivity contribution >= 4 is 32.7 Å². The molecule has 0 fully saturated rings. The smallest absolute Gasteiger partial charge is 0.251 e. The van der Waals surface area contributed by atoms with Crippen LogP contribution in [-0.4, -0.2) is 16.0 Å². The number of rotatable bonds is 4. The van der Waals surface area contributed by atoms with Gasteiger partial charge in [-0.2, -0.15) is 0 Å². The molecule has 0 radical (unpaired) electrons. The van der Waals surface area contributed by atoms with Gasteiger partial charge in [0.15, 0.2) is 0 Å². The van der Waals surface area contributed by atoms with Crippen molar-refractivity contribution in [2.24, 2.45) is 0 Å². The number of aliphatic hydroxyl groups excluding tert-OH is 1. The lowest BCUT2D eigenvalue weighted by Gasteiger charge is -2.11. The summed E-state index contributed by atoms with van der Waals surface area (Å²) in [5.41, 5.74) is 2.66. The number of halogens is 1. The normalized spacial score (nSPS) is 10.7. The van der Waals surface area contributed by atoms with E-state index in [0.717, 1.165) is 15.4 Å². The highest BCUT2D eigenvalue weighted by atomic mass is 79.9. The van der Waals surface area contributed by atoms with E-state index in [1.807, 2.05) is 42.5 Å². The van der Waals surface area contributed by atoms with Crippen LogP contribution in [0, 0.1) is 0 Å². The van der Waals surface area contributed by atoms with Gasteiger partial charge in [0.2, 0.25) is 0 Å². The molecule has 2 N–H and O–H groups in total. The van der Waals surface area contributed by atoms with Gasteiger partial charge in [-0.05, 0) is 29.8 Å². The molecular weight excluding hydrogens is 356 g/mol. The largest absolute Gasteiger partial charge is 0.392 e. The van der Waals surface area contributed by atoms with E-state index in [9.17, 15) is 9.90 Å². The molecule has 2 aromatic carbocycles. The first kappa shape index (κ1) is 15.6. The SMILES string of the molecule is O=C(NCc1cccc(Br)c1)c1ccc2cccnc2c1CO. The van der Waals surface area contributed by atoms with E-state index in [1.165, 1.54) is 0 Å². The first-order valence-corrected chi connectivity index (χ1v) is 7.98. The number of hydrogen-bond acceptors (Lipinski definition) is 3. The fraction of sp³-hybridized carbons (Fsp3) is 0.111. The third kappa shape index (κ3) is 3.41. The van der Waals surface area contributed by atoms with Gasteiger partial charge in [0, 0.05) is 33.7 Å². The monoisotopic (exact) mass is 370 g/mol. The van der Waals surface area contributed by atoms with E-state index in [2.05, 4.69) is 26.2 Å². The molecule has 0 saturated carbocycles. The number of pyridine rings is 1. The number of carbonyl (C=O) groups excluding carboxylic acids is 1. The zero-order chi connectivity index (χ0) is 16.2. The zero-order valence-electron chi connectivity index (χ0n) is 12.3. The summed E-state index contributed by atoms with van der Waals surface area (Å²) in [6, 6.07) is 15.1. The van der Waals surface area contributed by atoms with Gasteiger partial charge in [0.1, 0.15) is 0 Å². The molecule has 1 amide bonds. The van der Waals surface area contributed by atoms with Gasteiger partial charge in [-0.1, -0.05) is 40.2 Å². The highest BCUT2D eigenvalue weighted by Gasteiger charge is 2.14. The summed E-state index contributed by atoms with van der Waals surface area (Å²) < 4.78 is 0.968. The Kier molecular flexibility index (Phi) is 4.69. The first-order chi connectivity index (χ1) is 11.2. The molecule has 0 aliphatic heterocycles. The van der Waals surface area contributed by atoms with Gasteiger partial charge in [0.05, 0.1) is 12.1 Å². The third-order valence-electron chi connectivity index (χ3n) is 3.62. The average Bonchev–Trinajstić information content (AvgIpc) is 2.58. The van der Waals surface area contributed by atoms with Crippen LogP contribution in [0.15, 0.2) is 59.2 Å². The second-order valence-electron chi connectivity index (χ2n) is 5.14. The van der Waals surface area contributed by atoms with Crippen LogP contribution in [0.4, 0.5) is 0 Å². The van der Waals surface area contributed by atoms with Gasteiger partial charge in [-0.3, -0.25) is 9.78 Å². The minimum absolute atomic E-state index is 0.221. The van der Waals surface area contributed by atoms with Gasteiger partial charge in [0.25, 0.3) is 5.91 Å². The van der Waals surface area contributed by atoms with Crippen molar-refractivity contribution in [2.45, 2.75) is 13.2 Å². The second-order valence-corrected chi connectivity index (χ2v) is 6.05. The molecule has 1 aromatic heterocycles. The third-order valence-corrected chi connectivity index (χ3v) is 4.12. The number of nitrogens with zero attached hydrogens (tertiary/aromatic N) is 1. The fourth-order valence-corrected chi connectivity index (χ4v) is 2.95. The van der Waals surface area contributed by atoms with E-state index in [-0.39, 0.29) is 12.5 Å². The number of amides is 1. The first-order valence-electron chi connectivity index (χ1n) is 7.19. The van der Waals surface area contributed by atoms with Crippen molar-refractivity contribution in [3.63, 3.8) is 0 Å². The number of nitrogens with one attached hydrogen (secondary N) is 1. The molecule has 5 heteroatoms. The van der Waals surface area contributed by atoms with E-state index in [0.29, 0.717) is 23.2 Å². The standard InChI is InChI=1S/C18H15BrN2O2/c19-14-5-1-3-12(9-14)10-21-18(23)15-7-6-13-4-2-8-20-17(13)16(15)11-22/h1-9,22H,10-11H2,(H,21,23). The van der Waals surface area contributed by atoms with Crippen LogP contribution in [0.25, 0.3) is 10.9 Å². The molecular formula is C18H15BrN2O2. The Morgan fingerprint density at radius 2 is 2.04 bits per heavy atom. The molecule has 3 rings (SSSR count). The number of benzene rings is 2. The van der Waals surface area contributed by atoms with E-state index < -0.39 is 0 Å². The van der Waals surface area contributed by atoms with E-state index >= 15 is 0 Å². The van der Waals surface area contributed by atoms with Crippen LogP contribution in [-0.2, 0) is 13.2 Å². The number of fused-ring (bicyclic) bond motifs is 1. The van der Waals surface area contributed by atoms with Gasteiger partial charge < -0.3 is 10.4 Å². The molecule has 116 valence electrons. The predicted molar refractivity (Wildman–Crippen MR) is 93.0 cm³/mol. The maximum Gasteiger partial charge on any atom is 0.251 e. The van der Waals surface area contributed by atoms with Crippen LogP contribution in [0.3, 0.4) is 0 Å². The van der Waals surface area contributed by atoms with Gasteiger partial charge >= 0.3 is 0 Å². The summed E-state index contributed by atoms with van der Waals surface area (Å²) in [5.74, 6) is -0.221. The molecule has 0 saturated heterocycles. The van der Waals surface area contributed by atoms with Gasteiger partial charge in [-0.25, -0.2) is 0 Å². The molecule has 0 aliphatic rings. The fourth-order valence-electron chi connectivity index (χ4n) is 2.50. The Hall–Kier alpha value is -2.24. The van der Waals surface area contributed by atoms with Crippen molar-refractivity contribution in [3.8, 4) is 0 Å². The summed E-state index contributed by atoms with van der Waals surface area (Å²) in [5, 5.41) is 13.4. The minimum Gasteiger partial charge on any atom is -0.392 e. The Morgan fingerprint density at radius 3 is 2.83 bits per heavy atom. The Labute approximate surface area is 142 Å². The number of carbonyl (C=O) groups is 1. The summed E-state index contributed by atoms with van der Waals surface area (Å²) in [7, 11) is 0. The molecule has 0 spiro atoms. The maximum absolute atomic E-state index is 12.5. The maximum atomic E-state index is 12.5. The number of aliphatic hydroxyl groups is 1. The minimum atomic E-state index is -0.228. The summed E-state index contributed by atoms with van der Waals surface area (Å²) >= 11 is 3.41. The molecule has 23 heavy (non-hydrogen) atoms. The molecule has 0 atom stereocenters. The van der Waals surface area contributed by atoms with Crippen molar-refractivity contribution < 1.29 is 9.90 Å². The lowest BCUT2D eigenvalue weighted by molar-refractivity contribution is 0.0948. The Bertz CT molecular complexity index is 865. The summed E-state index contributed by atoms with van der Waals surface area (Å²) in [4.78, 5) is 16.7. The van der Waals surface area contributed by atoms with E-state index in [1.54, 1.807) is 12.3 Å². The van der Waals surface area contributed by atoms with Crippen LogP contribution in [0.5, 0.6) is 0 Å². The number of hydrogen-bond donors (Lipinski definition) is 2. The summed E-state index contributed by atoms with van der Waals surface area (Å²) in [6.07, 6.45) is 1.66. The average molecular weight is 371 g/mol. The van der Waals surface area contributed by atoms with Crippen molar-refractivity contribution in [1.29, 1.82) is 0 Å². The molecule has 0 aliphatic carbocycles. The van der Waals surface area contributed by atoms with E-state index in [4.69, 9.17) is 0 Å². The topological polar surface area (TPSA) is 62.2 Å². The highest BCUT2D eigenvalue weighted by molar-refractivity contribution is 9.10. The lowest BCUT2D eigenvalue weighted by Crippen LogP contribution is -2.24. The van der Waals surface area contributed by atoms with Crippen molar-refractivity contribution in [2.75, 3.05) is 0 Å². The molecule has 4 nitrogen and oxygen atoms in total.